The molecule has 7 nitrogen and oxygen atoms in total. The Morgan fingerprint density at radius 3 is 2.69 bits per heavy atom. The molecular weight excluding hydrogens is 454 g/mol. The Morgan fingerprint density at radius 1 is 1.22 bits per heavy atom. The van der Waals surface area contributed by atoms with Crippen LogP contribution in [0.1, 0.15) is 70.8 Å². The van der Waals surface area contributed by atoms with Crippen molar-refractivity contribution in [1.29, 1.82) is 0 Å². The van der Waals surface area contributed by atoms with Gasteiger partial charge in [0.2, 0.25) is 0 Å². The van der Waals surface area contributed by atoms with Gasteiger partial charge in [0.1, 0.15) is 5.75 Å². The lowest BCUT2D eigenvalue weighted by atomic mass is 9.73. The predicted molar refractivity (Wildman–Crippen MR) is 144 cm³/mol. The van der Waals surface area contributed by atoms with Crippen LogP contribution in [0.2, 0.25) is 0 Å². The van der Waals surface area contributed by atoms with Crippen molar-refractivity contribution in [2.75, 3.05) is 47.0 Å². The monoisotopic (exact) mass is 503 g/mol. The van der Waals surface area contributed by atoms with Crippen LogP contribution in [0.3, 0.4) is 0 Å². The van der Waals surface area contributed by atoms with Gasteiger partial charge >= 0.3 is 6.03 Å². The SMILES string of the molecule is CNCC(CC(C)C)NC(=O)N1CCC[C@@H](C(O)(CCCCOC)c2ccccc2OCC2CC2)C1. The van der Waals surface area contributed by atoms with E-state index >= 15 is 0 Å². The summed E-state index contributed by atoms with van der Waals surface area (Å²) in [5.74, 6) is 1.87. The topological polar surface area (TPSA) is 83.1 Å². The highest BCUT2D eigenvalue weighted by Gasteiger charge is 2.43. The van der Waals surface area contributed by atoms with E-state index in [2.05, 4.69) is 24.5 Å². The van der Waals surface area contributed by atoms with E-state index in [9.17, 15) is 9.90 Å². The summed E-state index contributed by atoms with van der Waals surface area (Å²) in [5, 5.41) is 18.8. The molecule has 2 fully saturated rings. The van der Waals surface area contributed by atoms with Crippen molar-refractivity contribution < 1.29 is 19.4 Å². The van der Waals surface area contributed by atoms with Gasteiger partial charge in [0.05, 0.1) is 12.2 Å². The predicted octanol–water partition coefficient (Wildman–Crippen LogP) is 4.54. The maximum absolute atomic E-state index is 13.3. The number of nitrogens with zero attached hydrogens (tertiary/aromatic N) is 1. The molecule has 1 heterocycles. The van der Waals surface area contributed by atoms with E-state index in [-0.39, 0.29) is 18.0 Å². The first-order chi connectivity index (χ1) is 17.4. The molecular formula is C29H49N3O4. The van der Waals surface area contributed by atoms with Gasteiger partial charge in [-0.2, -0.15) is 0 Å². The molecule has 1 saturated carbocycles. The zero-order chi connectivity index (χ0) is 26.0. The van der Waals surface area contributed by atoms with Crippen LogP contribution in [0.15, 0.2) is 24.3 Å². The van der Waals surface area contributed by atoms with Crippen molar-refractivity contribution in [2.45, 2.75) is 76.9 Å². The molecule has 1 aromatic carbocycles. The number of likely N-dealkylation sites (N-methyl/N-ethyl adjacent to an activating group) is 1. The molecule has 2 amide bonds. The van der Waals surface area contributed by atoms with Crippen LogP contribution in [0.4, 0.5) is 4.79 Å². The number of aliphatic hydroxyl groups is 1. The van der Waals surface area contributed by atoms with E-state index < -0.39 is 5.60 Å². The van der Waals surface area contributed by atoms with Gasteiger partial charge < -0.3 is 30.1 Å². The molecule has 3 atom stereocenters. The molecule has 36 heavy (non-hydrogen) atoms. The van der Waals surface area contributed by atoms with E-state index in [0.717, 1.165) is 56.5 Å². The number of benzene rings is 1. The summed E-state index contributed by atoms with van der Waals surface area (Å²) < 4.78 is 11.5. The molecule has 1 saturated heterocycles. The van der Waals surface area contributed by atoms with Crippen LogP contribution in [0, 0.1) is 17.8 Å². The average Bonchev–Trinajstić information content (AvgIpc) is 3.70. The Morgan fingerprint density at radius 2 is 2.00 bits per heavy atom. The Balaban J connectivity index is 1.77. The average molecular weight is 504 g/mol. The number of nitrogens with one attached hydrogen (secondary N) is 2. The molecule has 3 rings (SSSR count). The lowest BCUT2D eigenvalue weighted by molar-refractivity contribution is -0.0580. The molecule has 2 aliphatic rings. The van der Waals surface area contributed by atoms with Crippen LogP contribution in [0.25, 0.3) is 0 Å². The number of carbonyl (C=O) groups excluding carboxylic acids is 1. The molecule has 0 bridgehead atoms. The Kier molecular flexibility index (Phi) is 11.3. The standard InChI is InChI=1S/C29H49N3O4/c1-22(2)18-25(19-30-3)31-28(33)32-16-9-10-24(20-32)29(34,15-7-8-17-35-4)26-11-5-6-12-27(26)36-21-23-13-14-23/h5-6,11-12,22-25,30,34H,7-10,13-21H2,1-4H3,(H,31,33)/t24-,25?,29?/m1/s1. The molecule has 0 aromatic heterocycles. The lowest BCUT2D eigenvalue weighted by Crippen LogP contribution is -2.54. The molecule has 0 spiro atoms. The molecule has 3 N–H and O–H groups in total. The van der Waals surface area contributed by atoms with Crippen molar-refractivity contribution in [1.82, 2.24) is 15.5 Å². The smallest absolute Gasteiger partial charge is 0.317 e. The molecule has 204 valence electrons. The number of carbonyl (C=O) groups is 1. The zero-order valence-electron chi connectivity index (χ0n) is 22.9. The second-order valence-electron chi connectivity index (χ2n) is 11.2. The van der Waals surface area contributed by atoms with Crippen LogP contribution in [0.5, 0.6) is 5.75 Å². The number of hydrogen-bond acceptors (Lipinski definition) is 5. The van der Waals surface area contributed by atoms with E-state index in [1.807, 2.05) is 36.2 Å². The number of unbranched alkanes of at least 4 members (excludes halogenated alkanes) is 1. The maximum atomic E-state index is 13.3. The van der Waals surface area contributed by atoms with E-state index in [0.29, 0.717) is 38.0 Å². The third kappa shape index (κ3) is 8.35. The summed E-state index contributed by atoms with van der Waals surface area (Å²) in [6.07, 6.45) is 7.50. The van der Waals surface area contributed by atoms with Crippen molar-refractivity contribution in [3.63, 3.8) is 0 Å². The molecule has 1 aliphatic heterocycles. The first kappa shape index (κ1) is 28.7. The highest BCUT2D eigenvalue weighted by molar-refractivity contribution is 5.74. The fourth-order valence-corrected chi connectivity index (χ4v) is 5.47. The zero-order valence-corrected chi connectivity index (χ0v) is 22.9. The third-order valence-electron chi connectivity index (χ3n) is 7.60. The normalized spacial score (nSPS) is 20.7. The number of hydrogen-bond donors (Lipinski definition) is 3. The van der Waals surface area contributed by atoms with E-state index in [4.69, 9.17) is 9.47 Å². The van der Waals surface area contributed by atoms with Crippen molar-refractivity contribution >= 4 is 6.03 Å². The van der Waals surface area contributed by atoms with Gasteiger partial charge in [0, 0.05) is 50.9 Å². The van der Waals surface area contributed by atoms with Crippen molar-refractivity contribution in [3.8, 4) is 5.75 Å². The number of para-hydroxylation sites is 1. The lowest BCUT2D eigenvalue weighted by Gasteiger charge is -2.43. The van der Waals surface area contributed by atoms with Gasteiger partial charge in [0.25, 0.3) is 0 Å². The van der Waals surface area contributed by atoms with Crippen molar-refractivity contribution in [2.24, 2.45) is 17.8 Å². The minimum atomic E-state index is -1.06. The number of methoxy groups -OCH3 is 1. The van der Waals surface area contributed by atoms with Crippen LogP contribution < -0.4 is 15.4 Å². The molecule has 2 unspecified atom stereocenters. The Labute approximate surface area is 218 Å². The minimum absolute atomic E-state index is 0.0272. The Bertz CT molecular complexity index is 800. The van der Waals surface area contributed by atoms with Gasteiger partial charge in [-0.25, -0.2) is 4.79 Å². The van der Waals surface area contributed by atoms with Gasteiger partial charge in [-0.05, 0) is 76.3 Å². The molecule has 0 radical (unpaired) electrons. The molecule has 1 aliphatic carbocycles. The second-order valence-corrected chi connectivity index (χ2v) is 11.2. The number of amides is 2. The van der Waals surface area contributed by atoms with Crippen molar-refractivity contribution in [3.05, 3.63) is 29.8 Å². The van der Waals surface area contributed by atoms with Crippen LogP contribution in [-0.4, -0.2) is 69.1 Å². The number of rotatable bonds is 15. The highest BCUT2D eigenvalue weighted by Crippen LogP contribution is 2.44. The van der Waals surface area contributed by atoms with Gasteiger partial charge in [-0.15, -0.1) is 0 Å². The summed E-state index contributed by atoms with van der Waals surface area (Å²) in [6.45, 7) is 7.75. The summed E-state index contributed by atoms with van der Waals surface area (Å²) in [6, 6.07) is 8.03. The van der Waals surface area contributed by atoms with E-state index in [1.54, 1.807) is 7.11 Å². The Hall–Kier alpha value is -1.83. The highest BCUT2D eigenvalue weighted by atomic mass is 16.5. The number of piperidine rings is 1. The molecule has 7 heteroatoms. The number of likely N-dealkylation sites (tertiary alicyclic amines) is 1. The summed E-state index contributed by atoms with van der Waals surface area (Å²) in [4.78, 5) is 15.2. The second kappa shape index (κ2) is 14.2. The number of ether oxygens (including phenoxy) is 2. The van der Waals surface area contributed by atoms with Gasteiger partial charge in [0.15, 0.2) is 0 Å². The minimum Gasteiger partial charge on any atom is -0.493 e. The van der Waals surface area contributed by atoms with E-state index in [1.165, 1.54) is 12.8 Å². The largest absolute Gasteiger partial charge is 0.493 e. The van der Waals surface area contributed by atoms with Gasteiger partial charge in [-0.1, -0.05) is 32.0 Å². The van der Waals surface area contributed by atoms with Crippen LogP contribution in [-0.2, 0) is 10.3 Å². The summed E-state index contributed by atoms with van der Waals surface area (Å²) in [5.41, 5.74) is -0.196. The quantitative estimate of drug-likeness (QED) is 0.306. The van der Waals surface area contributed by atoms with Crippen LogP contribution >= 0.6 is 0 Å². The summed E-state index contributed by atoms with van der Waals surface area (Å²) >= 11 is 0. The first-order valence-electron chi connectivity index (χ1n) is 14.0. The fourth-order valence-electron chi connectivity index (χ4n) is 5.47. The maximum Gasteiger partial charge on any atom is 0.317 e. The number of urea groups is 1. The third-order valence-corrected chi connectivity index (χ3v) is 7.60. The fraction of sp³-hybridized carbons (Fsp3) is 0.759. The molecule has 1 aromatic rings. The van der Waals surface area contributed by atoms with Gasteiger partial charge in [-0.3, -0.25) is 0 Å². The summed E-state index contributed by atoms with van der Waals surface area (Å²) in [7, 11) is 3.63. The first-order valence-corrected chi connectivity index (χ1v) is 14.0.